The number of hydrogen-bond acceptors (Lipinski definition) is 5. The van der Waals surface area contributed by atoms with E-state index in [9.17, 15) is 40.3 Å². The highest BCUT2D eigenvalue weighted by Crippen LogP contribution is 2.41. The van der Waals surface area contributed by atoms with Crippen LogP contribution in [-0.2, 0) is 21.0 Å². The molecule has 1 amide bonds. The molecule has 1 atom stereocenters. The third-order valence-electron chi connectivity index (χ3n) is 6.12. The topological polar surface area (TPSA) is 95.9 Å². The minimum Gasteiger partial charge on any atom is -0.466 e. The van der Waals surface area contributed by atoms with Crippen molar-refractivity contribution in [3.63, 3.8) is 0 Å². The highest BCUT2D eigenvalue weighted by atomic mass is 32.2. The Hall–Kier alpha value is -3.71. The molecule has 39 heavy (non-hydrogen) atoms. The SMILES string of the molecule is CC(C)(CO)C(=O)NC1CN(S(=O)(=O)c2cccc(C(F)(F)F)c2)c2cc(-c3cc(F)ccc3F)ccc2O1. The minimum atomic E-state index is -4.82. The Labute approximate surface area is 220 Å². The second-order valence-electron chi connectivity index (χ2n) is 9.49. The Morgan fingerprint density at radius 1 is 1.08 bits per heavy atom. The van der Waals surface area contributed by atoms with E-state index in [0.29, 0.717) is 6.07 Å². The highest BCUT2D eigenvalue weighted by molar-refractivity contribution is 7.92. The molecule has 0 radical (unpaired) electrons. The second-order valence-corrected chi connectivity index (χ2v) is 11.4. The number of halogens is 5. The maximum absolute atomic E-state index is 14.5. The van der Waals surface area contributed by atoms with E-state index in [4.69, 9.17) is 4.74 Å². The third kappa shape index (κ3) is 5.69. The Morgan fingerprint density at radius 3 is 2.46 bits per heavy atom. The summed E-state index contributed by atoms with van der Waals surface area (Å²) in [5, 5.41) is 12.0. The number of carbonyl (C=O) groups is 1. The first-order chi connectivity index (χ1) is 18.1. The van der Waals surface area contributed by atoms with Crippen LogP contribution in [0.5, 0.6) is 5.75 Å². The van der Waals surface area contributed by atoms with Crippen LogP contribution in [0.4, 0.5) is 27.6 Å². The summed E-state index contributed by atoms with van der Waals surface area (Å²) in [5.41, 5.74) is -2.73. The van der Waals surface area contributed by atoms with Gasteiger partial charge in [0.05, 0.1) is 34.7 Å². The first-order valence-corrected chi connectivity index (χ1v) is 13.0. The van der Waals surface area contributed by atoms with Crippen LogP contribution in [0.1, 0.15) is 19.4 Å². The quantitative estimate of drug-likeness (QED) is 0.419. The lowest BCUT2D eigenvalue weighted by atomic mass is 9.94. The van der Waals surface area contributed by atoms with Crippen molar-refractivity contribution in [2.24, 2.45) is 5.41 Å². The first kappa shape index (κ1) is 28.3. The van der Waals surface area contributed by atoms with Crippen LogP contribution >= 0.6 is 0 Å². The standard InChI is InChI=1S/C26H23F5N2O5S/c1-25(2,14-34)24(35)32-23-13-33(39(36,37)18-5-3-4-16(11-18)26(29,30)31)21-10-15(6-9-22(21)38-23)19-12-17(27)7-8-20(19)28/h3-12,23,34H,13-14H2,1-2H3,(H,32,35). The summed E-state index contributed by atoms with van der Waals surface area (Å²) in [6.07, 6.45) is -6.11. The molecule has 0 aromatic heterocycles. The number of aliphatic hydroxyl groups is 1. The minimum absolute atomic E-state index is 0.0718. The molecule has 3 aromatic carbocycles. The summed E-state index contributed by atoms with van der Waals surface area (Å²) in [4.78, 5) is 12.0. The van der Waals surface area contributed by atoms with Crippen LogP contribution < -0.4 is 14.4 Å². The fourth-order valence-electron chi connectivity index (χ4n) is 3.81. The lowest BCUT2D eigenvalue weighted by molar-refractivity contribution is -0.137. The lowest BCUT2D eigenvalue weighted by Gasteiger charge is -2.37. The molecule has 0 aliphatic carbocycles. The van der Waals surface area contributed by atoms with Gasteiger partial charge in [0.2, 0.25) is 5.91 Å². The molecule has 0 bridgehead atoms. The van der Waals surface area contributed by atoms with Gasteiger partial charge >= 0.3 is 6.18 Å². The molecular formula is C26H23F5N2O5S. The number of ether oxygens (including phenoxy) is 1. The molecule has 7 nitrogen and oxygen atoms in total. The fraction of sp³-hybridized carbons (Fsp3) is 0.269. The molecule has 0 spiro atoms. The number of fused-ring (bicyclic) bond motifs is 1. The Kier molecular flexibility index (Phi) is 7.34. The smallest absolute Gasteiger partial charge is 0.416 e. The molecule has 208 valence electrons. The number of hydrogen-bond donors (Lipinski definition) is 2. The van der Waals surface area contributed by atoms with Gasteiger partial charge in [-0.05, 0) is 67.9 Å². The van der Waals surface area contributed by atoms with E-state index in [1.54, 1.807) is 0 Å². The molecule has 2 N–H and O–H groups in total. The van der Waals surface area contributed by atoms with E-state index >= 15 is 0 Å². The van der Waals surface area contributed by atoms with Gasteiger partial charge in [0, 0.05) is 5.56 Å². The van der Waals surface area contributed by atoms with Crippen molar-refractivity contribution >= 4 is 21.6 Å². The van der Waals surface area contributed by atoms with Crippen molar-refractivity contribution in [1.29, 1.82) is 0 Å². The maximum atomic E-state index is 14.5. The van der Waals surface area contributed by atoms with Crippen molar-refractivity contribution in [1.82, 2.24) is 5.32 Å². The van der Waals surface area contributed by atoms with Gasteiger partial charge in [-0.3, -0.25) is 9.10 Å². The van der Waals surface area contributed by atoms with Crippen molar-refractivity contribution in [2.45, 2.75) is 31.1 Å². The van der Waals surface area contributed by atoms with E-state index in [2.05, 4.69) is 5.32 Å². The average molecular weight is 571 g/mol. The lowest BCUT2D eigenvalue weighted by Crippen LogP contribution is -2.54. The molecule has 0 saturated heterocycles. The van der Waals surface area contributed by atoms with Crippen molar-refractivity contribution in [3.8, 4) is 16.9 Å². The number of alkyl halides is 3. The van der Waals surface area contributed by atoms with Crippen molar-refractivity contribution in [2.75, 3.05) is 17.5 Å². The number of nitrogens with one attached hydrogen (secondary N) is 1. The van der Waals surface area contributed by atoms with E-state index in [0.717, 1.165) is 40.7 Å². The first-order valence-electron chi connectivity index (χ1n) is 11.5. The summed E-state index contributed by atoms with van der Waals surface area (Å²) in [6, 6.07) is 9.66. The van der Waals surface area contributed by atoms with Gasteiger partial charge in [-0.1, -0.05) is 12.1 Å². The summed E-state index contributed by atoms with van der Waals surface area (Å²) in [7, 11) is -4.70. The Balaban J connectivity index is 1.83. The normalized spacial score (nSPS) is 15.9. The number of nitrogens with zero attached hydrogens (tertiary/aromatic N) is 1. The van der Waals surface area contributed by atoms with Crippen LogP contribution in [-0.4, -0.2) is 38.8 Å². The zero-order chi connectivity index (χ0) is 28.8. The van der Waals surface area contributed by atoms with Crippen LogP contribution in [0.25, 0.3) is 11.1 Å². The van der Waals surface area contributed by atoms with Gasteiger partial charge in [-0.25, -0.2) is 17.2 Å². The van der Waals surface area contributed by atoms with Crippen LogP contribution in [0.3, 0.4) is 0 Å². The van der Waals surface area contributed by atoms with Crippen molar-refractivity contribution in [3.05, 3.63) is 77.9 Å². The summed E-state index contributed by atoms with van der Waals surface area (Å²) < 4.78 is 102. The number of anilines is 1. The number of amides is 1. The van der Waals surface area contributed by atoms with E-state index in [1.807, 2.05) is 0 Å². The number of rotatable bonds is 6. The predicted octanol–water partition coefficient (Wildman–Crippen LogP) is 4.70. The molecule has 0 saturated carbocycles. The van der Waals surface area contributed by atoms with Gasteiger partial charge in [-0.2, -0.15) is 13.2 Å². The molecule has 1 aliphatic heterocycles. The molecule has 1 unspecified atom stereocenters. The number of benzene rings is 3. The summed E-state index contributed by atoms with van der Waals surface area (Å²) in [5.74, 6) is -2.31. The molecule has 0 fully saturated rings. The van der Waals surface area contributed by atoms with Gasteiger partial charge in [0.1, 0.15) is 17.4 Å². The van der Waals surface area contributed by atoms with E-state index in [1.165, 1.54) is 32.0 Å². The highest BCUT2D eigenvalue weighted by Gasteiger charge is 2.39. The largest absolute Gasteiger partial charge is 0.466 e. The van der Waals surface area contributed by atoms with Gasteiger partial charge in [0.25, 0.3) is 10.0 Å². The van der Waals surface area contributed by atoms with Gasteiger partial charge < -0.3 is 15.2 Å². The Bertz CT molecular complexity index is 1530. The number of carbonyl (C=O) groups excluding carboxylic acids is 1. The zero-order valence-corrected chi connectivity index (χ0v) is 21.4. The summed E-state index contributed by atoms with van der Waals surface area (Å²) in [6.45, 7) is 1.77. The van der Waals surface area contributed by atoms with Crippen molar-refractivity contribution < 1.29 is 45.0 Å². The molecule has 3 aromatic rings. The molecule has 13 heteroatoms. The van der Waals surface area contributed by atoms with E-state index < -0.39 is 69.0 Å². The molecule has 1 aliphatic rings. The van der Waals surface area contributed by atoms with Crippen LogP contribution in [0, 0.1) is 17.0 Å². The van der Waals surface area contributed by atoms with Crippen LogP contribution in [0.15, 0.2) is 65.6 Å². The fourth-order valence-corrected chi connectivity index (χ4v) is 5.33. The van der Waals surface area contributed by atoms with Crippen LogP contribution in [0.2, 0.25) is 0 Å². The second kappa shape index (κ2) is 10.1. The number of aliphatic hydroxyl groups excluding tert-OH is 1. The monoisotopic (exact) mass is 570 g/mol. The zero-order valence-electron chi connectivity index (χ0n) is 20.6. The number of sulfonamides is 1. The average Bonchev–Trinajstić information content (AvgIpc) is 2.88. The molecule has 4 rings (SSSR count). The third-order valence-corrected chi connectivity index (χ3v) is 7.90. The predicted molar refractivity (Wildman–Crippen MR) is 131 cm³/mol. The van der Waals surface area contributed by atoms with Gasteiger partial charge in [0.15, 0.2) is 6.23 Å². The molecular weight excluding hydrogens is 547 g/mol. The maximum Gasteiger partial charge on any atom is 0.416 e. The Morgan fingerprint density at radius 2 is 1.79 bits per heavy atom. The van der Waals surface area contributed by atoms with Gasteiger partial charge in [-0.15, -0.1) is 0 Å². The molecule has 1 heterocycles. The summed E-state index contributed by atoms with van der Waals surface area (Å²) >= 11 is 0. The van der Waals surface area contributed by atoms with E-state index in [-0.39, 0.29) is 22.6 Å².